The summed E-state index contributed by atoms with van der Waals surface area (Å²) in [6.07, 6.45) is 22.5. The van der Waals surface area contributed by atoms with E-state index >= 15 is 0 Å². The fourth-order valence-electron chi connectivity index (χ4n) is 11.7. The summed E-state index contributed by atoms with van der Waals surface area (Å²) in [5.41, 5.74) is 6.27. The SMILES string of the molecule is CCC1(n2cc(-c3c(C(=O)OC(C)C)cnc4[nH]ccc34)cn2)CN(S(=O)(=O)CC)C1.CCC1(n2cc(-c3c(C(=O)OC)cnc4[nH]ccc34)cn2)CN(S(=O)(=O)CC)C1.CCOC(=O)c1cnc2[nH]ccc2c1-c1cnn(C2(CC)CN(S(=O)(=O)CC)C2)c1. The first kappa shape index (κ1) is 64.8. The van der Waals surface area contributed by atoms with Gasteiger partial charge in [0.15, 0.2) is 0 Å². The molecule has 0 aliphatic carbocycles. The molecule has 3 aliphatic heterocycles. The van der Waals surface area contributed by atoms with Crippen molar-refractivity contribution in [3.8, 4) is 33.4 Å². The predicted octanol–water partition coefficient (Wildman–Crippen LogP) is 7.12. The number of fused-ring (bicyclic) bond motifs is 3. The quantitative estimate of drug-likeness (QED) is 0.0505. The first-order valence-electron chi connectivity index (χ1n) is 29.9. The van der Waals surface area contributed by atoms with Crippen LogP contribution >= 0.6 is 0 Å². The summed E-state index contributed by atoms with van der Waals surface area (Å²) in [5, 5.41) is 16.0. The zero-order chi connectivity index (χ0) is 64.7. The lowest BCUT2D eigenvalue weighted by Gasteiger charge is -2.48. The molecule has 12 rings (SSSR count). The molecule has 3 aliphatic rings. The van der Waals surface area contributed by atoms with Gasteiger partial charge in [-0.15, -0.1) is 0 Å². The van der Waals surface area contributed by atoms with E-state index in [1.807, 2.05) is 71.6 Å². The second-order valence-corrected chi connectivity index (χ2v) is 29.6. The smallest absolute Gasteiger partial charge is 0.340 e. The molecule has 90 heavy (non-hydrogen) atoms. The van der Waals surface area contributed by atoms with Gasteiger partial charge in [-0.05, 0) is 79.0 Å². The molecule has 27 nitrogen and oxygen atoms in total. The fraction of sp³-hybridized carbons (Fsp3) is 0.450. The summed E-state index contributed by atoms with van der Waals surface area (Å²) in [4.78, 5) is 59.7. The highest BCUT2D eigenvalue weighted by atomic mass is 32.2. The monoisotopic (exact) mass is 1290 g/mol. The minimum absolute atomic E-state index is 0.0843. The minimum atomic E-state index is -3.23. The summed E-state index contributed by atoms with van der Waals surface area (Å²) in [6.45, 7) is 19.0. The standard InChI is InChI=1S/C21H27N5O4S.C20H25N5O4S.C19H23N5O4S/c1-5-21(12-25(13-21)31(28,29)6-2)26-11-15(9-24-26)18-16-7-8-22-19(16)23-10-17(18)20(27)30-14(3)4;1-4-20(12-24(13-20)30(27,28)6-3)25-11-14(9-23-25)17-15-7-8-21-18(15)22-10-16(17)19(26)29-5-2;1-4-19(11-23(12-19)29(26,27)5-2)24-10-13(8-22-24)16-14-6-7-20-17(14)21-9-15(16)18(25)28-3/h7-11,14H,5-6,12-13H2,1-4H3,(H,22,23);7-11H,4-6,12-13H2,1-3H3,(H,21,22);6-10H,4-5,11-12H2,1-3H3,(H,20,21). The van der Waals surface area contributed by atoms with Gasteiger partial charge in [0.05, 0.1) is 89.0 Å². The Kier molecular flexibility index (Phi) is 18.2. The molecule has 0 radical (unpaired) electrons. The van der Waals surface area contributed by atoms with Crippen LogP contribution in [0, 0.1) is 0 Å². The van der Waals surface area contributed by atoms with E-state index in [0.717, 1.165) is 52.1 Å². The van der Waals surface area contributed by atoms with Gasteiger partial charge < -0.3 is 29.2 Å². The maximum Gasteiger partial charge on any atom is 0.340 e. The number of aromatic nitrogens is 12. The van der Waals surface area contributed by atoms with Crippen LogP contribution in [0.25, 0.3) is 66.5 Å². The molecule has 12 heterocycles. The third kappa shape index (κ3) is 11.8. The van der Waals surface area contributed by atoms with Crippen molar-refractivity contribution in [1.82, 2.24) is 72.2 Å². The van der Waals surface area contributed by atoms with Crippen molar-refractivity contribution in [2.24, 2.45) is 0 Å². The molecule has 0 saturated carbocycles. The highest BCUT2D eigenvalue weighted by Gasteiger charge is 2.51. The van der Waals surface area contributed by atoms with Crippen LogP contribution in [0.4, 0.5) is 0 Å². The van der Waals surface area contributed by atoms with Crippen LogP contribution in [0.3, 0.4) is 0 Å². The van der Waals surface area contributed by atoms with Gasteiger partial charge in [-0.1, -0.05) is 20.8 Å². The molecule has 480 valence electrons. The average Bonchev–Trinajstić information content (AvgIpc) is 1.36. The van der Waals surface area contributed by atoms with Gasteiger partial charge in [0.2, 0.25) is 30.1 Å². The van der Waals surface area contributed by atoms with Crippen LogP contribution in [-0.2, 0) is 60.9 Å². The van der Waals surface area contributed by atoms with E-state index in [4.69, 9.17) is 14.2 Å². The maximum absolute atomic E-state index is 12.8. The summed E-state index contributed by atoms with van der Waals surface area (Å²) in [6, 6.07) is 5.60. The molecular formula is C60H75N15O12S3. The molecule has 30 heteroatoms. The minimum Gasteiger partial charge on any atom is -0.465 e. The van der Waals surface area contributed by atoms with Crippen molar-refractivity contribution < 1.29 is 53.8 Å². The third-order valence-corrected chi connectivity index (χ3v) is 22.7. The second kappa shape index (κ2) is 25.3. The molecule has 9 aromatic rings. The van der Waals surface area contributed by atoms with Crippen LogP contribution in [0.5, 0.6) is 0 Å². The van der Waals surface area contributed by atoms with Gasteiger partial charge in [0.25, 0.3) is 0 Å². The number of methoxy groups -OCH3 is 1. The van der Waals surface area contributed by atoms with Crippen molar-refractivity contribution in [2.45, 2.75) is 104 Å². The Labute approximate surface area is 521 Å². The predicted molar refractivity (Wildman–Crippen MR) is 338 cm³/mol. The average molecular weight is 1290 g/mol. The number of H-pyrrole nitrogens is 3. The molecule has 0 amide bonds. The molecular weight excluding hydrogens is 1220 g/mol. The van der Waals surface area contributed by atoms with E-state index in [2.05, 4.69) is 45.2 Å². The highest BCUT2D eigenvalue weighted by Crippen LogP contribution is 2.41. The van der Waals surface area contributed by atoms with E-state index in [9.17, 15) is 39.6 Å². The van der Waals surface area contributed by atoms with Gasteiger partial charge in [-0.2, -0.15) is 28.2 Å². The molecule has 0 aromatic carbocycles. The van der Waals surface area contributed by atoms with Crippen LogP contribution in [0.1, 0.15) is 113 Å². The Bertz CT molecular complexity index is 4490. The normalized spacial score (nSPS) is 16.6. The van der Waals surface area contributed by atoms with Crippen LogP contribution in [-0.4, -0.2) is 192 Å². The number of hydrogen-bond acceptors (Lipinski definition) is 18. The number of esters is 3. The number of ether oxygens (including phenoxy) is 3. The van der Waals surface area contributed by atoms with Crippen molar-refractivity contribution in [3.63, 3.8) is 0 Å². The maximum atomic E-state index is 12.8. The van der Waals surface area contributed by atoms with Crippen molar-refractivity contribution in [3.05, 3.63) is 109 Å². The van der Waals surface area contributed by atoms with Crippen LogP contribution in [0.15, 0.2) is 92.6 Å². The Morgan fingerprint density at radius 1 is 0.489 bits per heavy atom. The summed E-state index contributed by atoms with van der Waals surface area (Å²) in [5.74, 6) is -1.10. The molecule has 3 fully saturated rings. The molecule has 3 N–H and O–H groups in total. The van der Waals surface area contributed by atoms with Crippen molar-refractivity contribution >= 4 is 81.1 Å². The molecule has 3 saturated heterocycles. The van der Waals surface area contributed by atoms with E-state index in [-0.39, 0.29) is 30.0 Å². The molecule has 0 unspecified atom stereocenters. The van der Waals surface area contributed by atoms with Gasteiger partial charge >= 0.3 is 17.9 Å². The first-order valence-corrected chi connectivity index (χ1v) is 34.7. The zero-order valence-electron chi connectivity index (χ0n) is 51.9. The topological polar surface area (TPSA) is 331 Å². The number of rotatable bonds is 20. The number of hydrogen-bond donors (Lipinski definition) is 3. The molecule has 0 spiro atoms. The number of pyridine rings is 3. The van der Waals surface area contributed by atoms with E-state index < -0.39 is 64.6 Å². The van der Waals surface area contributed by atoms with E-state index in [1.165, 1.54) is 38.6 Å². The summed E-state index contributed by atoms with van der Waals surface area (Å²) >= 11 is 0. The summed E-state index contributed by atoms with van der Waals surface area (Å²) < 4.78 is 98.6. The number of aromatic amines is 3. The lowest BCUT2D eigenvalue weighted by atomic mass is 9.89. The Morgan fingerprint density at radius 3 is 1.08 bits per heavy atom. The van der Waals surface area contributed by atoms with Gasteiger partial charge in [0, 0.05) is 145 Å². The van der Waals surface area contributed by atoms with E-state index in [1.54, 1.807) is 78.7 Å². The van der Waals surface area contributed by atoms with Gasteiger partial charge in [0.1, 0.15) is 16.9 Å². The summed E-state index contributed by atoms with van der Waals surface area (Å²) in [7, 11) is -8.34. The van der Waals surface area contributed by atoms with Gasteiger partial charge in [-0.25, -0.2) is 54.6 Å². The first-order chi connectivity index (χ1) is 42.9. The van der Waals surface area contributed by atoms with Crippen LogP contribution < -0.4 is 0 Å². The largest absolute Gasteiger partial charge is 0.465 e. The zero-order valence-corrected chi connectivity index (χ0v) is 54.4. The Balaban J connectivity index is 0.000000149. The lowest BCUT2D eigenvalue weighted by molar-refractivity contribution is 0.0377. The van der Waals surface area contributed by atoms with E-state index in [0.29, 0.717) is 89.6 Å². The molecule has 0 bridgehead atoms. The van der Waals surface area contributed by atoms with Crippen molar-refractivity contribution in [2.75, 3.05) is 70.2 Å². The fourth-order valence-corrected chi connectivity index (χ4v) is 15.4. The number of nitrogens with zero attached hydrogens (tertiary/aromatic N) is 12. The highest BCUT2D eigenvalue weighted by molar-refractivity contribution is 7.89. The Hall–Kier alpha value is -8.16. The number of carbonyl (C=O) groups is 3. The Morgan fingerprint density at radius 2 is 0.800 bits per heavy atom. The van der Waals surface area contributed by atoms with Crippen molar-refractivity contribution in [1.29, 1.82) is 0 Å². The third-order valence-electron chi connectivity index (χ3n) is 17.4. The van der Waals surface area contributed by atoms with Crippen LogP contribution in [0.2, 0.25) is 0 Å². The number of nitrogens with one attached hydrogen (secondary N) is 3. The molecule has 9 aromatic heterocycles. The lowest BCUT2D eigenvalue weighted by Crippen LogP contribution is -2.64. The molecule has 0 atom stereocenters. The number of carbonyl (C=O) groups excluding carboxylic acids is 3. The second-order valence-electron chi connectivity index (χ2n) is 22.8. The number of sulfonamides is 3. The van der Waals surface area contributed by atoms with Gasteiger partial charge in [-0.3, -0.25) is 14.0 Å².